The molecule has 4 aromatic rings. The highest BCUT2D eigenvalue weighted by atomic mass is 19.4. The SMILES string of the molecule is Cc1ncc(C(=O)Nc2ccc(CN3CCN(C)CC3)c(C(F)(F)F)c2)cc1C#Cc1cnc2ccc(OC(C)C)nn12. The van der Waals surface area contributed by atoms with Crippen LogP contribution in [-0.2, 0) is 12.7 Å². The molecular formula is C31H32F3N7O2. The molecule has 5 rings (SSSR count). The number of hydrogen-bond donors (Lipinski definition) is 1. The molecule has 0 radical (unpaired) electrons. The smallest absolute Gasteiger partial charge is 0.416 e. The second kappa shape index (κ2) is 12.4. The summed E-state index contributed by atoms with van der Waals surface area (Å²) in [5, 5.41) is 7.02. The van der Waals surface area contributed by atoms with Gasteiger partial charge in [-0.1, -0.05) is 12.0 Å². The minimum atomic E-state index is -4.56. The summed E-state index contributed by atoms with van der Waals surface area (Å²) in [5.74, 6) is 5.87. The van der Waals surface area contributed by atoms with E-state index in [9.17, 15) is 18.0 Å². The summed E-state index contributed by atoms with van der Waals surface area (Å²) < 4.78 is 49.2. The summed E-state index contributed by atoms with van der Waals surface area (Å²) in [6.45, 7) is 8.74. The topological polar surface area (TPSA) is 87.9 Å². The summed E-state index contributed by atoms with van der Waals surface area (Å²) in [5.41, 5.74) is 1.79. The number of pyridine rings is 1. The third-order valence-corrected chi connectivity index (χ3v) is 7.03. The molecule has 0 bridgehead atoms. The van der Waals surface area contributed by atoms with Gasteiger partial charge in [-0.3, -0.25) is 14.7 Å². The molecule has 1 aromatic carbocycles. The van der Waals surface area contributed by atoms with Crippen LogP contribution in [0.5, 0.6) is 5.88 Å². The van der Waals surface area contributed by atoms with Gasteiger partial charge in [0.2, 0.25) is 5.88 Å². The molecule has 9 nitrogen and oxygen atoms in total. The number of piperazine rings is 1. The van der Waals surface area contributed by atoms with Crippen LogP contribution in [0.1, 0.15) is 52.3 Å². The fourth-order valence-corrected chi connectivity index (χ4v) is 4.67. The van der Waals surface area contributed by atoms with E-state index in [2.05, 4.69) is 37.1 Å². The van der Waals surface area contributed by atoms with Gasteiger partial charge in [0.05, 0.1) is 29.1 Å². The maximum atomic E-state index is 14.0. The van der Waals surface area contributed by atoms with E-state index in [4.69, 9.17) is 4.74 Å². The van der Waals surface area contributed by atoms with E-state index in [1.165, 1.54) is 18.3 Å². The Morgan fingerprint density at radius 1 is 1.05 bits per heavy atom. The quantitative estimate of drug-likeness (QED) is 0.327. The number of carbonyl (C=O) groups is 1. The number of anilines is 1. The molecule has 0 saturated carbocycles. The summed E-state index contributed by atoms with van der Waals surface area (Å²) >= 11 is 0. The number of imidazole rings is 1. The molecule has 0 unspecified atom stereocenters. The molecule has 1 saturated heterocycles. The van der Waals surface area contributed by atoms with Gasteiger partial charge in [0.25, 0.3) is 5.91 Å². The Kier molecular flexibility index (Phi) is 8.66. The number of carbonyl (C=O) groups excluding carboxylic acids is 1. The van der Waals surface area contributed by atoms with Crippen molar-refractivity contribution < 1.29 is 22.7 Å². The molecule has 1 fully saturated rings. The zero-order valence-corrected chi connectivity index (χ0v) is 24.4. The van der Waals surface area contributed by atoms with Gasteiger partial charge in [-0.25, -0.2) is 9.50 Å². The van der Waals surface area contributed by atoms with E-state index < -0.39 is 17.6 Å². The van der Waals surface area contributed by atoms with Gasteiger partial charge in [-0.2, -0.15) is 13.2 Å². The number of alkyl halides is 3. The van der Waals surface area contributed by atoms with Gasteiger partial charge in [0.1, 0.15) is 5.69 Å². The lowest BCUT2D eigenvalue weighted by Crippen LogP contribution is -2.44. The molecule has 4 heterocycles. The van der Waals surface area contributed by atoms with Crippen molar-refractivity contribution in [1.29, 1.82) is 0 Å². The van der Waals surface area contributed by atoms with Gasteiger partial charge in [-0.05, 0) is 63.6 Å². The normalized spacial score (nSPS) is 14.5. The number of nitrogens with zero attached hydrogens (tertiary/aromatic N) is 6. The number of benzene rings is 1. The molecule has 1 amide bonds. The number of hydrogen-bond acceptors (Lipinski definition) is 7. The molecular weight excluding hydrogens is 559 g/mol. The van der Waals surface area contributed by atoms with Crippen molar-refractivity contribution >= 4 is 17.2 Å². The molecule has 1 N–H and O–H groups in total. The molecule has 224 valence electrons. The maximum Gasteiger partial charge on any atom is 0.416 e. The molecule has 1 aliphatic heterocycles. The molecule has 0 spiro atoms. The zero-order chi connectivity index (χ0) is 30.7. The molecule has 1 aliphatic rings. The molecule has 0 aliphatic carbocycles. The Bertz CT molecular complexity index is 1700. The number of rotatable bonds is 6. The van der Waals surface area contributed by atoms with E-state index in [-0.39, 0.29) is 29.5 Å². The number of fused-ring (bicyclic) bond motifs is 1. The van der Waals surface area contributed by atoms with Crippen LogP contribution in [-0.4, -0.2) is 74.6 Å². The van der Waals surface area contributed by atoms with E-state index in [1.807, 2.05) is 25.8 Å². The van der Waals surface area contributed by atoms with Gasteiger partial charge in [-0.15, -0.1) is 5.10 Å². The Labute approximate surface area is 247 Å². The van der Waals surface area contributed by atoms with Crippen LogP contribution in [0.25, 0.3) is 5.65 Å². The number of ether oxygens (including phenoxy) is 1. The minimum absolute atomic E-state index is 0.0453. The van der Waals surface area contributed by atoms with Crippen LogP contribution in [0.4, 0.5) is 18.9 Å². The second-order valence-corrected chi connectivity index (χ2v) is 10.8. The van der Waals surface area contributed by atoms with E-state index in [1.54, 1.807) is 35.8 Å². The van der Waals surface area contributed by atoms with Crippen molar-refractivity contribution in [1.82, 2.24) is 29.4 Å². The van der Waals surface area contributed by atoms with E-state index in [0.717, 1.165) is 19.2 Å². The molecule has 12 heteroatoms. The van der Waals surface area contributed by atoms with Gasteiger partial charge >= 0.3 is 6.18 Å². The second-order valence-electron chi connectivity index (χ2n) is 10.8. The predicted molar refractivity (Wildman–Crippen MR) is 156 cm³/mol. The zero-order valence-electron chi connectivity index (χ0n) is 24.4. The Morgan fingerprint density at radius 2 is 1.81 bits per heavy atom. The van der Waals surface area contributed by atoms with Crippen LogP contribution < -0.4 is 10.1 Å². The van der Waals surface area contributed by atoms with Crippen LogP contribution in [0.2, 0.25) is 0 Å². The van der Waals surface area contributed by atoms with Crippen molar-refractivity contribution in [2.24, 2.45) is 0 Å². The van der Waals surface area contributed by atoms with Crippen molar-refractivity contribution in [3.05, 3.63) is 82.4 Å². The summed E-state index contributed by atoms with van der Waals surface area (Å²) in [4.78, 5) is 25.8. The van der Waals surface area contributed by atoms with Crippen molar-refractivity contribution in [2.45, 2.75) is 39.6 Å². The minimum Gasteiger partial charge on any atom is -0.474 e. The molecule has 3 aromatic heterocycles. The lowest BCUT2D eigenvalue weighted by molar-refractivity contribution is -0.138. The molecule has 43 heavy (non-hydrogen) atoms. The van der Waals surface area contributed by atoms with Crippen molar-refractivity contribution in [3.63, 3.8) is 0 Å². The lowest BCUT2D eigenvalue weighted by atomic mass is 10.0. The highest BCUT2D eigenvalue weighted by Gasteiger charge is 2.34. The van der Waals surface area contributed by atoms with Crippen LogP contribution in [0.15, 0.2) is 48.8 Å². The van der Waals surface area contributed by atoms with Gasteiger partial charge < -0.3 is 15.0 Å². The predicted octanol–water partition coefficient (Wildman–Crippen LogP) is 4.64. The Morgan fingerprint density at radius 3 is 2.53 bits per heavy atom. The first kappa shape index (κ1) is 30.0. The fraction of sp³-hybridized carbons (Fsp3) is 0.355. The third-order valence-electron chi connectivity index (χ3n) is 7.03. The Hall–Kier alpha value is -4.47. The van der Waals surface area contributed by atoms with E-state index >= 15 is 0 Å². The number of aromatic nitrogens is 4. The summed E-state index contributed by atoms with van der Waals surface area (Å²) in [6.07, 6.45) is -1.66. The first-order valence-electron chi connectivity index (χ1n) is 13.9. The average molecular weight is 592 g/mol. The maximum absolute atomic E-state index is 14.0. The van der Waals surface area contributed by atoms with Gasteiger partial charge in [0.15, 0.2) is 5.65 Å². The number of nitrogens with one attached hydrogen (secondary N) is 1. The number of halogens is 3. The highest BCUT2D eigenvalue weighted by molar-refractivity contribution is 6.04. The third kappa shape index (κ3) is 7.31. The first-order chi connectivity index (χ1) is 20.5. The van der Waals surface area contributed by atoms with E-state index in [0.29, 0.717) is 41.6 Å². The standard InChI is InChI=1S/C31H32F3N7O2/c1-20(2)43-29-10-9-28-36-18-26(41(28)38-29)8-6-22-15-24(17-35-21(22)3)30(42)37-25-7-5-23(27(16-25)31(32,33)34)19-40-13-11-39(4)12-14-40/h5,7,9-10,15-18,20H,11-14,19H2,1-4H3,(H,37,42). The molecule has 0 atom stereocenters. The van der Waals surface area contributed by atoms with Crippen molar-refractivity contribution in [3.8, 4) is 17.7 Å². The van der Waals surface area contributed by atoms with Crippen LogP contribution >= 0.6 is 0 Å². The number of aryl methyl sites for hydroxylation is 1. The summed E-state index contributed by atoms with van der Waals surface area (Å²) in [7, 11) is 1.99. The first-order valence-corrected chi connectivity index (χ1v) is 13.9. The highest BCUT2D eigenvalue weighted by Crippen LogP contribution is 2.34. The lowest BCUT2D eigenvalue weighted by Gasteiger charge is -2.33. The number of likely N-dealkylation sites (N-methyl/N-ethyl adjacent to an activating group) is 1. The Balaban J connectivity index is 1.35. The summed E-state index contributed by atoms with van der Waals surface area (Å²) in [6, 6.07) is 8.98. The largest absolute Gasteiger partial charge is 0.474 e. The van der Waals surface area contributed by atoms with Crippen LogP contribution in [0.3, 0.4) is 0 Å². The van der Waals surface area contributed by atoms with Crippen molar-refractivity contribution in [2.75, 3.05) is 38.5 Å². The fourth-order valence-electron chi connectivity index (χ4n) is 4.67. The average Bonchev–Trinajstić information content (AvgIpc) is 3.35. The monoisotopic (exact) mass is 591 g/mol. The number of amides is 1. The van der Waals surface area contributed by atoms with Gasteiger partial charge in [0, 0.05) is 56.2 Å². The van der Waals surface area contributed by atoms with Crippen LogP contribution in [0, 0.1) is 18.8 Å².